The molecule has 1 atom stereocenters. The van der Waals surface area contributed by atoms with Gasteiger partial charge in [-0.05, 0) is 6.07 Å². The molecule has 0 amide bonds. The molecule has 2 nitrogen and oxygen atoms in total. The van der Waals surface area contributed by atoms with Gasteiger partial charge in [-0.3, -0.25) is 0 Å². The molecule has 72 valence electrons. The van der Waals surface area contributed by atoms with Crippen LogP contribution in [0.5, 0.6) is 0 Å². The quantitative estimate of drug-likeness (QED) is 0.739. The van der Waals surface area contributed by atoms with E-state index in [2.05, 4.69) is 4.98 Å². The minimum atomic E-state index is -2.53. The number of hydrogen-bond donors (Lipinski definition) is 1. The first-order chi connectivity index (χ1) is 6.11. The predicted molar refractivity (Wildman–Crippen MR) is 41.7 cm³/mol. The average molecular weight is 190 g/mol. The molecule has 1 heterocycles. The van der Waals surface area contributed by atoms with Gasteiger partial charge in [0.15, 0.2) is 0 Å². The van der Waals surface area contributed by atoms with Crippen molar-refractivity contribution in [3.8, 4) is 0 Å². The summed E-state index contributed by atoms with van der Waals surface area (Å²) in [6.45, 7) is 0. The van der Waals surface area contributed by atoms with E-state index < -0.39 is 24.8 Å². The van der Waals surface area contributed by atoms with E-state index in [1.165, 1.54) is 18.3 Å². The Morgan fingerprint density at radius 3 is 2.69 bits per heavy atom. The molecule has 0 radical (unpaired) electrons. The van der Waals surface area contributed by atoms with Gasteiger partial charge in [0.05, 0.1) is 0 Å². The van der Waals surface area contributed by atoms with Gasteiger partial charge >= 0.3 is 0 Å². The second-order valence-electron chi connectivity index (χ2n) is 2.62. The highest BCUT2D eigenvalue weighted by molar-refractivity contribution is 5.15. The lowest BCUT2D eigenvalue weighted by Crippen LogP contribution is -2.15. The number of halogens is 3. The Bertz CT molecular complexity index is 278. The summed E-state index contributed by atoms with van der Waals surface area (Å²) in [5.41, 5.74) is 5.37. The summed E-state index contributed by atoms with van der Waals surface area (Å²) < 4.78 is 36.6. The van der Waals surface area contributed by atoms with Crippen LogP contribution in [-0.4, -0.2) is 11.4 Å². The summed E-state index contributed by atoms with van der Waals surface area (Å²) in [6, 6.07) is 1.83. The van der Waals surface area contributed by atoms with Crippen molar-refractivity contribution in [1.29, 1.82) is 0 Å². The Morgan fingerprint density at radius 2 is 2.15 bits per heavy atom. The van der Waals surface area contributed by atoms with E-state index >= 15 is 0 Å². The number of hydrogen-bond acceptors (Lipinski definition) is 2. The third-order valence-corrected chi connectivity index (χ3v) is 1.62. The zero-order valence-corrected chi connectivity index (χ0v) is 6.75. The Balaban J connectivity index is 2.76. The summed E-state index contributed by atoms with van der Waals surface area (Å²) in [7, 11) is 0. The molecule has 2 N–H and O–H groups in total. The molecule has 0 bridgehead atoms. The summed E-state index contributed by atoms with van der Waals surface area (Å²) in [4.78, 5) is 3.32. The maximum absolute atomic E-state index is 12.9. The molecule has 0 fully saturated rings. The number of nitrogens with zero attached hydrogens (tertiary/aromatic N) is 1. The molecule has 5 heteroatoms. The molecule has 0 aliphatic rings. The van der Waals surface area contributed by atoms with Crippen LogP contribution in [0.4, 0.5) is 13.2 Å². The normalized spacial score (nSPS) is 13.3. The first-order valence-electron chi connectivity index (χ1n) is 3.75. The largest absolute Gasteiger partial charge is 0.324 e. The maximum atomic E-state index is 12.9. The van der Waals surface area contributed by atoms with Crippen LogP contribution in [0.25, 0.3) is 0 Å². The number of alkyl halides is 2. The van der Waals surface area contributed by atoms with Crippen molar-refractivity contribution in [2.24, 2.45) is 5.73 Å². The summed E-state index contributed by atoms with van der Waals surface area (Å²) in [5.74, 6) is -0.782. The van der Waals surface area contributed by atoms with E-state index in [4.69, 9.17) is 5.73 Å². The van der Waals surface area contributed by atoms with Crippen LogP contribution in [0.1, 0.15) is 18.0 Å². The SMILES string of the molecule is N[C@@H](CC(F)F)c1cccnc1F. The molecule has 1 aromatic rings. The van der Waals surface area contributed by atoms with Crippen LogP contribution in [0.3, 0.4) is 0 Å². The monoisotopic (exact) mass is 190 g/mol. The van der Waals surface area contributed by atoms with Crippen molar-refractivity contribution in [2.45, 2.75) is 18.9 Å². The molecule has 0 aliphatic carbocycles. The number of aromatic nitrogens is 1. The van der Waals surface area contributed by atoms with E-state index in [0.29, 0.717) is 0 Å². The van der Waals surface area contributed by atoms with Gasteiger partial charge in [-0.2, -0.15) is 4.39 Å². The molecule has 1 aromatic heterocycles. The zero-order chi connectivity index (χ0) is 9.84. The molecule has 0 saturated heterocycles. The second-order valence-corrected chi connectivity index (χ2v) is 2.62. The van der Waals surface area contributed by atoms with Gasteiger partial charge in [-0.25, -0.2) is 13.8 Å². The highest BCUT2D eigenvalue weighted by Crippen LogP contribution is 2.19. The van der Waals surface area contributed by atoms with Gasteiger partial charge in [0.25, 0.3) is 0 Å². The highest BCUT2D eigenvalue weighted by Gasteiger charge is 2.16. The van der Waals surface area contributed by atoms with E-state index in [9.17, 15) is 13.2 Å². The highest BCUT2D eigenvalue weighted by atomic mass is 19.3. The minimum Gasteiger partial charge on any atom is -0.324 e. The third-order valence-electron chi connectivity index (χ3n) is 1.62. The first-order valence-corrected chi connectivity index (χ1v) is 3.75. The molecule has 0 aromatic carbocycles. The lowest BCUT2D eigenvalue weighted by Gasteiger charge is -2.10. The van der Waals surface area contributed by atoms with E-state index in [1.54, 1.807) is 0 Å². The Hall–Kier alpha value is -1.10. The van der Waals surface area contributed by atoms with Crippen molar-refractivity contribution < 1.29 is 13.2 Å². The molecule has 0 aliphatic heterocycles. The lowest BCUT2D eigenvalue weighted by atomic mass is 10.1. The standard InChI is InChI=1S/C8H9F3N2/c9-7(10)4-6(12)5-2-1-3-13-8(5)11/h1-3,6-7H,4,12H2/t6-/m0/s1. The van der Waals surface area contributed by atoms with Crippen LogP contribution in [0, 0.1) is 5.95 Å². The van der Waals surface area contributed by atoms with Gasteiger partial charge in [0.1, 0.15) is 0 Å². The summed E-state index contributed by atoms with van der Waals surface area (Å²) in [6.07, 6.45) is -1.84. The molecule has 13 heavy (non-hydrogen) atoms. The summed E-state index contributed by atoms with van der Waals surface area (Å²) >= 11 is 0. The molecule has 0 unspecified atom stereocenters. The predicted octanol–water partition coefficient (Wildman–Crippen LogP) is 1.88. The number of rotatable bonds is 3. The van der Waals surface area contributed by atoms with Gasteiger partial charge in [0.2, 0.25) is 12.4 Å². The fourth-order valence-corrected chi connectivity index (χ4v) is 0.994. The van der Waals surface area contributed by atoms with Crippen LogP contribution >= 0.6 is 0 Å². The Kier molecular flexibility index (Phi) is 3.25. The maximum Gasteiger partial charge on any atom is 0.240 e. The van der Waals surface area contributed by atoms with E-state index in [1.807, 2.05) is 0 Å². The van der Waals surface area contributed by atoms with Crippen molar-refractivity contribution in [1.82, 2.24) is 4.98 Å². The van der Waals surface area contributed by atoms with Gasteiger partial charge in [-0.1, -0.05) is 6.07 Å². The van der Waals surface area contributed by atoms with Gasteiger partial charge in [0, 0.05) is 24.2 Å². The molecule has 0 spiro atoms. The molecule has 1 rings (SSSR count). The summed E-state index contributed by atoms with van der Waals surface area (Å²) in [5, 5.41) is 0. The van der Waals surface area contributed by atoms with E-state index in [0.717, 1.165) is 0 Å². The average Bonchev–Trinajstić information content (AvgIpc) is 2.03. The fourth-order valence-electron chi connectivity index (χ4n) is 0.994. The van der Waals surface area contributed by atoms with Crippen molar-refractivity contribution >= 4 is 0 Å². The third kappa shape index (κ3) is 2.69. The van der Waals surface area contributed by atoms with Crippen LogP contribution in [0.2, 0.25) is 0 Å². The second kappa shape index (κ2) is 4.23. The smallest absolute Gasteiger partial charge is 0.240 e. The zero-order valence-electron chi connectivity index (χ0n) is 6.75. The molecule has 0 saturated carbocycles. The Morgan fingerprint density at radius 1 is 1.46 bits per heavy atom. The molecular formula is C8H9F3N2. The van der Waals surface area contributed by atoms with Crippen LogP contribution in [0.15, 0.2) is 18.3 Å². The van der Waals surface area contributed by atoms with Crippen molar-refractivity contribution in [3.63, 3.8) is 0 Å². The number of pyridine rings is 1. The van der Waals surface area contributed by atoms with Crippen molar-refractivity contribution in [3.05, 3.63) is 29.8 Å². The van der Waals surface area contributed by atoms with Gasteiger partial charge < -0.3 is 5.73 Å². The minimum absolute atomic E-state index is 0.0304. The number of nitrogens with two attached hydrogens (primary N) is 1. The topological polar surface area (TPSA) is 38.9 Å². The lowest BCUT2D eigenvalue weighted by molar-refractivity contribution is 0.128. The van der Waals surface area contributed by atoms with E-state index in [-0.39, 0.29) is 5.56 Å². The van der Waals surface area contributed by atoms with Crippen LogP contribution < -0.4 is 5.73 Å². The van der Waals surface area contributed by atoms with Crippen LogP contribution in [-0.2, 0) is 0 Å². The molecular weight excluding hydrogens is 181 g/mol. The van der Waals surface area contributed by atoms with Crippen molar-refractivity contribution in [2.75, 3.05) is 0 Å². The fraction of sp³-hybridized carbons (Fsp3) is 0.375. The van der Waals surface area contributed by atoms with Gasteiger partial charge in [-0.15, -0.1) is 0 Å². The Labute approximate surface area is 73.6 Å². The first kappa shape index (κ1) is 9.98.